The number of thiophene rings is 1. The van der Waals surface area contributed by atoms with Crippen LogP contribution in [-0.4, -0.2) is 5.16 Å². The van der Waals surface area contributed by atoms with Gasteiger partial charge in [0.2, 0.25) is 0 Å². The lowest BCUT2D eigenvalue weighted by Gasteiger charge is -2.27. The highest BCUT2D eigenvalue weighted by molar-refractivity contribution is 7.13. The molecule has 0 aliphatic heterocycles. The van der Waals surface area contributed by atoms with Gasteiger partial charge in [0.05, 0.1) is 5.56 Å². The van der Waals surface area contributed by atoms with Gasteiger partial charge in [-0.2, -0.15) is 0 Å². The van der Waals surface area contributed by atoms with Crippen LogP contribution in [0.1, 0.15) is 63.5 Å². The molecule has 21 heavy (non-hydrogen) atoms. The van der Waals surface area contributed by atoms with Crippen LogP contribution in [0.2, 0.25) is 0 Å². The van der Waals surface area contributed by atoms with E-state index in [1.54, 1.807) is 11.3 Å². The Balaban J connectivity index is 1.72. The van der Waals surface area contributed by atoms with Crippen molar-refractivity contribution in [3.8, 4) is 10.4 Å². The van der Waals surface area contributed by atoms with Gasteiger partial charge in [-0.15, -0.1) is 11.3 Å². The van der Waals surface area contributed by atoms with Gasteiger partial charge in [0, 0.05) is 10.8 Å². The quantitative estimate of drug-likeness (QED) is 0.799. The molecule has 0 unspecified atom stereocenters. The standard InChI is InChI=1S/C17H24N2OS/c1-2-3-5-12-7-9-13(10-8-12)16-15(17(18)19-20-16)14-6-4-11-21-14/h4,6,11-13H,2-3,5,7-10H2,1H3,(H2,18,19). The molecule has 0 radical (unpaired) electrons. The van der Waals surface area contributed by atoms with Gasteiger partial charge in [0.1, 0.15) is 0 Å². The lowest BCUT2D eigenvalue weighted by atomic mass is 9.78. The van der Waals surface area contributed by atoms with Gasteiger partial charge in [-0.3, -0.25) is 0 Å². The number of rotatable bonds is 5. The summed E-state index contributed by atoms with van der Waals surface area (Å²) in [6.07, 6.45) is 9.11. The summed E-state index contributed by atoms with van der Waals surface area (Å²) < 4.78 is 5.61. The van der Waals surface area contributed by atoms with Crippen molar-refractivity contribution in [2.45, 2.75) is 57.8 Å². The molecule has 0 bridgehead atoms. The van der Waals surface area contributed by atoms with E-state index in [9.17, 15) is 0 Å². The molecule has 2 aromatic heterocycles. The summed E-state index contributed by atoms with van der Waals surface area (Å²) in [6, 6.07) is 4.15. The molecule has 0 atom stereocenters. The number of nitrogens with two attached hydrogens (primary N) is 1. The predicted molar refractivity (Wildman–Crippen MR) is 88.5 cm³/mol. The fourth-order valence-corrected chi connectivity index (χ4v) is 4.25. The van der Waals surface area contributed by atoms with Crippen molar-refractivity contribution in [2.75, 3.05) is 5.73 Å². The van der Waals surface area contributed by atoms with Crippen LogP contribution in [0.4, 0.5) is 5.82 Å². The molecule has 0 amide bonds. The molecular weight excluding hydrogens is 280 g/mol. The Hall–Kier alpha value is -1.29. The number of anilines is 1. The summed E-state index contributed by atoms with van der Waals surface area (Å²) in [6.45, 7) is 2.27. The molecule has 1 aliphatic rings. The van der Waals surface area contributed by atoms with Crippen molar-refractivity contribution >= 4 is 17.2 Å². The molecule has 2 N–H and O–H groups in total. The minimum absolute atomic E-state index is 0.491. The zero-order valence-electron chi connectivity index (χ0n) is 12.7. The minimum Gasteiger partial charge on any atom is -0.380 e. The lowest BCUT2D eigenvalue weighted by Crippen LogP contribution is -2.13. The van der Waals surface area contributed by atoms with Crippen molar-refractivity contribution in [3.63, 3.8) is 0 Å². The van der Waals surface area contributed by atoms with Crippen molar-refractivity contribution in [1.82, 2.24) is 5.16 Å². The number of nitrogen functional groups attached to an aromatic ring is 1. The maximum absolute atomic E-state index is 6.03. The summed E-state index contributed by atoms with van der Waals surface area (Å²) in [5, 5.41) is 6.10. The zero-order valence-corrected chi connectivity index (χ0v) is 13.5. The van der Waals surface area contributed by atoms with E-state index in [2.05, 4.69) is 29.6 Å². The molecular formula is C17H24N2OS. The van der Waals surface area contributed by atoms with Crippen LogP contribution in [0.25, 0.3) is 10.4 Å². The van der Waals surface area contributed by atoms with Crippen LogP contribution >= 0.6 is 11.3 Å². The Labute approximate surface area is 130 Å². The Kier molecular flexibility index (Phi) is 4.63. The highest BCUT2D eigenvalue weighted by atomic mass is 32.1. The number of unbranched alkanes of at least 4 members (excludes halogenated alkanes) is 1. The third-order valence-electron chi connectivity index (χ3n) is 4.70. The average Bonchev–Trinajstić information content (AvgIpc) is 3.14. The first-order chi connectivity index (χ1) is 10.3. The highest BCUT2D eigenvalue weighted by Crippen LogP contribution is 2.43. The molecule has 4 heteroatoms. The van der Waals surface area contributed by atoms with Gasteiger partial charge in [-0.1, -0.05) is 37.4 Å². The van der Waals surface area contributed by atoms with Crippen molar-refractivity contribution in [2.24, 2.45) is 5.92 Å². The van der Waals surface area contributed by atoms with Crippen LogP contribution in [0.15, 0.2) is 22.0 Å². The van der Waals surface area contributed by atoms with E-state index in [1.165, 1.54) is 49.8 Å². The normalized spacial score (nSPS) is 22.5. The number of aromatic nitrogens is 1. The van der Waals surface area contributed by atoms with Gasteiger partial charge in [0.15, 0.2) is 11.6 Å². The molecule has 2 heterocycles. The fourth-order valence-electron chi connectivity index (χ4n) is 3.47. The second-order valence-corrected chi connectivity index (χ2v) is 7.09. The van der Waals surface area contributed by atoms with Crippen molar-refractivity contribution < 1.29 is 4.52 Å². The highest BCUT2D eigenvalue weighted by Gasteiger charge is 2.29. The largest absolute Gasteiger partial charge is 0.380 e. The Morgan fingerprint density at radius 1 is 1.33 bits per heavy atom. The number of nitrogens with zero attached hydrogens (tertiary/aromatic N) is 1. The second kappa shape index (κ2) is 6.65. The predicted octanol–water partition coefficient (Wildman–Crippen LogP) is 5.45. The molecule has 3 rings (SSSR count). The monoisotopic (exact) mass is 304 g/mol. The summed E-state index contributed by atoms with van der Waals surface area (Å²) in [5.41, 5.74) is 7.08. The SMILES string of the molecule is CCCCC1CCC(c2onc(N)c2-c2cccs2)CC1. The molecule has 114 valence electrons. The Bertz CT molecular complexity index is 553. The van der Waals surface area contributed by atoms with Crippen LogP contribution in [-0.2, 0) is 0 Å². The first-order valence-electron chi connectivity index (χ1n) is 8.08. The molecule has 1 saturated carbocycles. The molecule has 1 aliphatic carbocycles. The minimum atomic E-state index is 0.491. The van der Waals surface area contributed by atoms with E-state index in [0.29, 0.717) is 11.7 Å². The van der Waals surface area contributed by atoms with E-state index in [1.807, 2.05) is 0 Å². The fraction of sp³-hybridized carbons (Fsp3) is 0.588. The molecule has 3 nitrogen and oxygen atoms in total. The van der Waals surface area contributed by atoms with Crippen LogP contribution in [0.3, 0.4) is 0 Å². The molecule has 0 aromatic carbocycles. The zero-order chi connectivity index (χ0) is 14.7. The summed E-state index contributed by atoms with van der Waals surface area (Å²) in [7, 11) is 0. The third-order valence-corrected chi connectivity index (χ3v) is 5.58. The van der Waals surface area contributed by atoms with E-state index < -0.39 is 0 Å². The number of hydrogen-bond acceptors (Lipinski definition) is 4. The third kappa shape index (κ3) is 3.15. The second-order valence-electron chi connectivity index (χ2n) is 6.14. The van der Waals surface area contributed by atoms with E-state index >= 15 is 0 Å². The van der Waals surface area contributed by atoms with E-state index in [-0.39, 0.29) is 0 Å². The Morgan fingerprint density at radius 3 is 2.81 bits per heavy atom. The topological polar surface area (TPSA) is 52.0 Å². The lowest BCUT2D eigenvalue weighted by molar-refractivity contribution is 0.266. The first-order valence-corrected chi connectivity index (χ1v) is 8.96. The maximum Gasteiger partial charge on any atom is 0.175 e. The maximum atomic E-state index is 6.03. The number of hydrogen-bond donors (Lipinski definition) is 1. The molecule has 2 aromatic rings. The molecule has 0 saturated heterocycles. The van der Waals surface area contributed by atoms with Crippen molar-refractivity contribution in [1.29, 1.82) is 0 Å². The van der Waals surface area contributed by atoms with Gasteiger partial charge < -0.3 is 10.3 Å². The van der Waals surface area contributed by atoms with Gasteiger partial charge >= 0.3 is 0 Å². The van der Waals surface area contributed by atoms with E-state index in [0.717, 1.165) is 17.2 Å². The Morgan fingerprint density at radius 2 is 2.14 bits per heavy atom. The van der Waals surface area contributed by atoms with Crippen LogP contribution in [0.5, 0.6) is 0 Å². The van der Waals surface area contributed by atoms with Gasteiger partial charge in [-0.25, -0.2) is 0 Å². The van der Waals surface area contributed by atoms with Crippen LogP contribution < -0.4 is 5.73 Å². The average molecular weight is 304 g/mol. The summed E-state index contributed by atoms with van der Waals surface area (Å²) in [4.78, 5) is 1.18. The van der Waals surface area contributed by atoms with Crippen molar-refractivity contribution in [3.05, 3.63) is 23.3 Å². The van der Waals surface area contributed by atoms with Gasteiger partial charge in [-0.05, 0) is 43.0 Å². The molecule has 0 spiro atoms. The summed E-state index contributed by atoms with van der Waals surface area (Å²) >= 11 is 1.70. The smallest absolute Gasteiger partial charge is 0.175 e. The van der Waals surface area contributed by atoms with E-state index in [4.69, 9.17) is 10.3 Å². The molecule has 1 fully saturated rings. The summed E-state index contributed by atoms with van der Waals surface area (Å²) in [5.74, 6) is 2.96. The first kappa shape index (κ1) is 14.6. The van der Waals surface area contributed by atoms with Gasteiger partial charge in [0.25, 0.3) is 0 Å². The van der Waals surface area contributed by atoms with Crippen LogP contribution in [0, 0.1) is 5.92 Å².